The van der Waals surface area contributed by atoms with Crippen molar-refractivity contribution < 1.29 is 9.53 Å². The Kier molecular flexibility index (Phi) is 5.01. The molecule has 0 aliphatic carbocycles. The van der Waals surface area contributed by atoms with E-state index in [0.29, 0.717) is 6.42 Å². The van der Waals surface area contributed by atoms with Gasteiger partial charge in [-0.3, -0.25) is 4.79 Å². The smallest absolute Gasteiger partial charge is 0.224 e. The van der Waals surface area contributed by atoms with Crippen molar-refractivity contribution in [3.05, 3.63) is 23.3 Å². The number of hydrogen-bond donors (Lipinski definition) is 1. The molecule has 0 atom stereocenters. The zero-order chi connectivity index (χ0) is 12.8. The Morgan fingerprint density at radius 1 is 1.29 bits per heavy atom. The number of carbonyl (C=O) groups is 1. The normalized spacial score (nSPS) is 10.1. The van der Waals surface area contributed by atoms with Gasteiger partial charge in [-0.05, 0) is 43.5 Å². The van der Waals surface area contributed by atoms with Crippen molar-refractivity contribution in [2.24, 2.45) is 0 Å². The standard InChI is InChI=1S/C14H21NO2/c1-5-6-7-13(16)15-14-10(2)8-12(17-4)9-11(14)3/h8-9H,5-7H2,1-4H3,(H,15,16). The van der Waals surface area contributed by atoms with Crippen molar-refractivity contribution >= 4 is 11.6 Å². The second-order valence-corrected chi connectivity index (χ2v) is 4.29. The molecule has 1 rings (SSSR count). The highest BCUT2D eigenvalue weighted by Crippen LogP contribution is 2.26. The van der Waals surface area contributed by atoms with Crippen LogP contribution < -0.4 is 10.1 Å². The van der Waals surface area contributed by atoms with E-state index >= 15 is 0 Å². The van der Waals surface area contributed by atoms with Crippen LogP contribution >= 0.6 is 0 Å². The summed E-state index contributed by atoms with van der Waals surface area (Å²) in [5.41, 5.74) is 2.98. The number of aryl methyl sites for hydroxylation is 2. The number of ether oxygens (including phenoxy) is 1. The van der Waals surface area contributed by atoms with Gasteiger partial charge >= 0.3 is 0 Å². The summed E-state index contributed by atoms with van der Waals surface area (Å²) < 4.78 is 5.19. The minimum absolute atomic E-state index is 0.0863. The predicted molar refractivity (Wildman–Crippen MR) is 70.6 cm³/mol. The van der Waals surface area contributed by atoms with E-state index in [-0.39, 0.29) is 5.91 Å². The molecule has 17 heavy (non-hydrogen) atoms. The quantitative estimate of drug-likeness (QED) is 0.849. The molecule has 94 valence electrons. The van der Waals surface area contributed by atoms with E-state index in [0.717, 1.165) is 35.4 Å². The number of hydrogen-bond acceptors (Lipinski definition) is 2. The average Bonchev–Trinajstić information content (AvgIpc) is 2.30. The van der Waals surface area contributed by atoms with Crippen LogP contribution in [-0.2, 0) is 4.79 Å². The molecule has 0 spiro atoms. The second kappa shape index (κ2) is 6.28. The topological polar surface area (TPSA) is 38.3 Å². The van der Waals surface area contributed by atoms with Crippen LogP contribution in [0.15, 0.2) is 12.1 Å². The van der Waals surface area contributed by atoms with E-state index in [1.807, 2.05) is 26.0 Å². The number of unbranched alkanes of at least 4 members (excludes halogenated alkanes) is 1. The van der Waals surface area contributed by atoms with Gasteiger partial charge in [-0.25, -0.2) is 0 Å². The molecule has 1 N–H and O–H groups in total. The van der Waals surface area contributed by atoms with Crippen LogP contribution in [0.3, 0.4) is 0 Å². The van der Waals surface area contributed by atoms with Crippen LogP contribution in [0.5, 0.6) is 5.75 Å². The molecule has 1 aromatic rings. The van der Waals surface area contributed by atoms with Crippen molar-refractivity contribution in [3.63, 3.8) is 0 Å². The summed E-state index contributed by atoms with van der Waals surface area (Å²) >= 11 is 0. The minimum atomic E-state index is 0.0863. The largest absolute Gasteiger partial charge is 0.497 e. The van der Waals surface area contributed by atoms with Gasteiger partial charge in [0.25, 0.3) is 0 Å². The Bertz CT molecular complexity index is 376. The highest BCUT2D eigenvalue weighted by atomic mass is 16.5. The van der Waals surface area contributed by atoms with E-state index in [1.165, 1.54) is 0 Å². The predicted octanol–water partition coefficient (Wildman–Crippen LogP) is 3.44. The zero-order valence-corrected chi connectivity index (χ0v) is 11.1. The lowest BCUT2D eigenvalue weighted by Crippen LogP contribution is -2.13. The molecule has 3 nitrogen and oxygen atoms in total. The lowest BCUT2D eigenvalue weighted by molar-refractivity contribution is -0.116. The maximum absolute atomic E-state index is 11.7. The summed E-state index contributed by atoms with van der Waals surface area (Å²) in [5.74, 6) is 0.912. The fourth-order valence-electron chi connectivity index (χ4n) is 1.78. The van der Waals surface area contributed by atoms with Crippen LogP contribution in [-0.4, -0.2) is 13.0 Å². The number of amides is 1. The van der Waals surface area contributed by atoms with Gasteiger partial charge in [-0.1, -0.05) is 13.3 Å². The molecular weight excluding hydrogens is 214 g/mol. The molecule has 0 radical (unpaired) electrons. The first kappa shape index (κ1) is 13.6. The number of carbonyl (C=O) groups excluding carboxylic acids is 1. The van der Waals surface area contributed by atoms with Gasteiger partial charge in [0.1, 0.15) is 5.75 Å². The molecule has 0 unspecified atom stereocenters. The highest BCUT2D eigenvalue weighted by Gasteiger charge is 2.08. The maximum atomic E-state index is 11.7. The van der Waals surface area contributed by atoms with Crippen LogP contribution in [0.4, 0.5) is 5.69 Å². The molecular formula is C14H21NO2. The van der Waals surface area contributed by atoms with Gasteiger partial charge in [0.15, 0.2) is 0 Å². The van der Waals surface area contributed by atoms with Crippen LogP contribution in [0.1, 0.15) is 37.3 Å². The van der Waals surface area contributed by atoms with Crippen molar-refractivity contribution in [2.75, 3.05) is 12.4 Å². The first-order chi connectivity index (χ1) is 8.08. The SMILES string of the molecule is CCCCC(=O)Nc1c(C)cc(OC)cc1C. The Morgan fingerprint density at radius 3 is 2.35 bits per heavy atom. The molecule has 0 aliphatic heterocycles. The number of nitrogens with one attached hydrogen (secondary N) is 1. The maximum Gasteiger partial charge on any atom is 0.224 e. The molecule has 0 saturated heterocycles. The summed E-state index contributed by atoms with van der Waals surface area (Å²) in [6, 6.07) is 3.87. The summed E-state index contributed by atoms with van der Waals surface area (Å²) in [5, 5.41) is 2.97. The number of anilines is 1. The van der Waals surface area contributed by atoms with Gasteiger partial charge < -0.3 is 10.1 Å². The summed E-state index contributed by atoms with van der Waals surface area (Å²) in [6.45, 7) is 6.03. The third kappa shape index (κ3) is 3.77. The molecule has 1 amide bonds. The molecule has 0 saturated carbocycles. The summed E-state index contributed by atoms with van der Waals surface area (Å²) in [7, 11) is 1.65. The van der Waals surface area contributed by atoms with Crippen LogP contribution in [0.2, 0.25) is 0 Å². The number of methoxy groups -OCH3 is 1. The van der Waals surface area contributed by atoms with Gasteiger partial charge in [-0.2, -0.15) is 0 Å². The molecule has 0 aliphatic rings. The Balaban J connectivity index is 2.80. The Morgan fingerprint density at radius 2 is 1.88 bits per heavy atom. The van der Waals surface area contributed by atoms with Crippen molar-refractivity contribution in [2.45, 2.75) is 40.0 Å². The fraction of sp³-hybridized carbons (Fsp3) is 0.500. The monoisotopic (exact) mass is 235 g/mol. The van der Waals surface area contributed by atoms with Gasteiger partial charge in [-0.15, -0.1) is 0 Å². The third-order valence-electron chi connectivity index (χ3n) is 2.76. The van der Waals surface area contributed by atoms with E-state index in [9.17, 15) is 4.79 Å². The Hall–Kier alpha value is -1.51. The molecule has 0 aromatic heterocycles. The van der Waals surface area contributed by atoms with Crippen LogP contribution in [0, 0.1) is 13.8 Å². The third-order valence-corrected chi connectivity index (χ3v) is 2.76. The molecule has 3 heteroatoms. The molecule has 0 fully saturated rings. The lowest BCUT2D eigenvalue weighted by atomic mass is 10.1. The molecule has 0 bridgehead atoms. The lowest BCUT2D eigenvalue weighted by Gasteiger charge is -2.13. The van der Waals surface area contributed by atoms with Crippen molar-refractivity contribution in [1.29, 1.82) is 0 Å². The average molecular weight is 235 g/mol. The summed E-state index contributed by atoms with van der Waals surface area (Å²) in [4.78, 5) is 11.7. The molecule has 1 aromatic carbocycles. The van der Waals surface area contributed by atoms with Crippen LogP contribution in [0.25, 0.3) is 0 Å². The van der Waals surface area contributed by atoms with E-state index in [2.05, 4.69) is 12.2 Å². The zero-order valence-electron chi connectivity index (χ0n) is 11.1. The van der Waals surface area contributed by atoms with E-state index in [4.69, 9.17) is 4.74 Å². The number of rotatable bonds is 5. The fourth-order valence-corrected chi connectivity index (χ4v) is 1.78. The number of benzene rings is 1. The van der Waals surface area contributed by atoms with Gasteiger partial charge in [0.05, 0.1) is 7.11 Å². The van der Waals surface area contributed by atoms with Gasteiger partial charge in [0, 0.05) is 12.1 Å². The summed E-state index contributed by atoms with van der Waals surface area (Å²) in [6.07, 6.45) is 2.55. The molecule has 0 heterocycles. The first-order valence-corrected chi connectivity index (χ1v) is 6.03. The minimum Gasteiger partial charge on any atom is -0.497 e. The van der Waals surface area contributed by atoms with Gasteiger partial charge in [0.2, 0.25) is 5.91 Å². The van der Waals surface area contributed by atoms with E-state index < -0.39 is 0 Å². The van der Waals surface area contributed by atoms with Crippen molar-refractivity contribution in [1.82, 2.24) is 0 Å². The Labute approximate surface area is 103 Å². The van der Waals surface area contributed by atoms with E-state index in [1.54, 1.807) is 7.11 Å². The second-order valence-electron chi connectivity index (χ2n) is 4.29. The first-order valence-electron chi connectivity index (χ1n) is 6.03. The highest BCUT2D eigenvalue weighted by molar-refractivity contribution is 5.92. The van der Waals surface area contributed by atoms with Crippen molar-refractivity contribution in [3.8, 4) is 5.75 Å².